The van der Waals surface area contributed by atoms with Gasteiger partial charge in [-0.2, -0.15) is 0 Å². The van der Waals surface area contributed by atoms with Crippen LogP contribution in [0.15, 0.2) is 53.0 Å². The lowest BCUT2D eigenvalue weighted by atomic mass is 9.98. The summed E-state index contributed by atoms with van der Waals surface area (Å²) in [4.78, 5) is 0. The van der Waals surface area contributed by atoms with Crippen LogP contribution in [0.5, 0.6) is 0 Å². The van der Waals surface area contributed by atoms with Crippen LogP contribution in [0.2, 0.25) is 0 Å². The number of fused-ring (bicyclic) bond motifs is 3. The fourth-order valence-corrected chi connectivity index (χ4v) is 3.71. The summed E-state index contributed by atoms with van der Waals surface area (Å²) in [6.07, 6.45) is 6.42. The van der Waals surface area contributed by atoms with Crippen molar-refractivity contribution in [3.63, 3.8) is 0 Å². The lowest BCUT2D eigenvalue weighted by molar-refractivity contribution is 0.666. The lowest BCUT2D eigenvalue weighted by Crippen LogP contribution is -1.89. The first-order valence-corrected chi connectivity index (χ1v) is 8.69. The van der Waals surface area contributed by atoms with E-state index in [0.29, 0.717) is 0 Å². The Morgan fingerprint density at radius 2 is 1.57 bits per heavy atom. The van der Waals surface area contributed by atoms with E-state index in [1.54, 1.807) is 0 Å². The number of hydrogen-bond acceptors (Lipinski definition) is 0. The van der Waals surface area contributed by atoms with Gasteiger partial charge in [-0.1, -0.05) is 74.7 Å². The Morgan fingerprint density at radius 1 is 0.762 bits per heavy atom. The van der Waals surface area contributed by atoms with Gasteiger partial charge in [0, 0.05) is 4.47 Å². The Kier molecular flexibility index (Phi) is 4.60. The normalized spacial score (nSPS) is 11.3. The second kappa shape index (κ2) is 6.62. The average Bonchev–Trinajstić information content (AvgIpc) is 2.53. The molecule has 0 unspecified atom stereocenters. The van der Waals surface area contributed by atoms with Crippen LogP contribution in [0.3, 0.4) is 0 Å². The molecular weight excluding hydrogens is 320 g/mol. The third-order valence-corrected chi connectivity index (χ3v) is 5.18. The second-order valence-corrected chi connectivity index (χ2v) is 6.52. The van der Waals surface area contributed by atoms with Gasteiger partial charge >= 0.3 is 0 Å². The second-order valence-electron chi connectivity index (χ2n) is 5.73. The summed E-state index contributed by atoms with van der Waals surface area (Å²) in [7, 11) is 0. The third kappa shape index (κ3) is 2.98. The van der Waals surface area contributed by atoms with E-state index in [1.807, 2.05) is 0 Å². The highest BCUT2D eigenvalue weighted by molar-refractivity contribution is 9.10. The maximum Gasteiger partial charge on any atom is 0.0285 e. The van der Waals surface area contributed by atoms with Crippen LogP contribution < -0.4 is 0 Å². The molecule has 1 heteroatoms. The van der Waals surface area contributed by atoms with E-state index in [1.165, 1.54) is 63.7 Å². The molecule has 0 radical (unpaired) electrons. The minimum Gasteiger partial charge on any atom is -0.0654 e. The van der Waals surface area contributed by atoms with Crippen molar-refractivity contribution in [1.29, 1.82) is 0 Å². The van der Waals surface area contributed by atoms with E-state index < -0.39 is 0 Å². The fourth-order valence-electron chi connectivity index (χ4n) is 3.03. The SMILES string of the molecule is CCCCCCc1ccc2c(ccc3ccccc32)c1Br. The fraction of sp³-hybridized carbons (Fsp3) is 0.300. The third-order valence-electron chi connectivity index (χ3n) is 4.24. The molecule has 0 bridgehead atoms. The molecule has 108 valence electrons. The molecule has 21 heavy (non-hydrogen) atoms. The summed E-state index contributed by atoms with van der Waals surface area (Å²) < 4.78 is 1.28. The van der Waals surface area contributed by atoms with Gasteiger partial charge in [0.25, 0.3) is 0 Å². The average molecular weight is 341 g/mol. The van der Waals surface area contributed by atoms with Gasteiger partial charge in [-0.25, -0.2) is 0 Å². The van der Waals surface area contributed by atoms with E-state index in [-0.39, 0.29) is 0 Å². The van der Waals surface area contributed by atoms with Crippen molar-refractivity contribution < 1.29 is 0 Å². The molecule has 0 nitrogen and oxygen atoms in total. The summed E-state index contributed by atoms with van der Waals surface area (Å²) >= 11 is 3.84. The van der Waals surface area contributed by atoms with Crippen molar-refractivity contribution >= 4 is 37.5 Å². The first kappa shape index (κ1) is 14.6. The molecule has 0 amide bonds. The molecule has 3 aromatic rings. The van der Waals surface area contributed by atoms with Crippen LogP contribution in [0.25, 0.3) is 21.5 Å². The number of unbranched alkanes of at least 4 members (excludes halogenated alkanes) is 3. The van der Waals surface area contributed by atoms with E-state index in [2.05, 4.69) is 71.4 Å². The van der Waals surface area contributed by atoms with Gasteiger partial charge < -0.3 is 0 Å². The molecule has 0 atom stereocenters. The Morgan fingerprint density at radius 3 is 2.43 bits per heavy atom. The molecular formula is C20H21Br. The maximum absolute atomic E-state index is 3.84. The van der Waals surface area contributed by atoms with Gasteiger partial charge in [0.05, 0.1) is 0 Å². The van der Waals surface area contributed by atoms with Gasteiger partial charge in [-0.05, 0) is 55.9 Å². The predicted molar refractivity (Wildman–Crippen MR) is 97.0 cm³/mol. The highest BCUT2D eigenvalue weighted by atomic mass is 79.9. The number of rotatable bonds is 5. The van der Waals surface area contributed by atoms with E-state index in [4.69, 9.17) is 0 Å². The smallest absolute Gasteiger partial charge is 0.0285 e. The standard InChI is InChI=1S/C20H21Br/c1-2-3-4-5-9-16-12-13-18-17-10-7-6-8-15(17)11-14-19(18)20(16)21/h6-8,10-14H,2-5,9H2,1H3. The quantitative estimate of drug-likeness (QED) is 0.350. The predicted octanol–water partition coefficient (Wildman–Crippen LogP) is 6.88. The van der Waals surface area contributed by atoms with Crippen LogP contribution >= 0.6 is 15.9 Å². The highest BCUT2D eigenvalue weighted by Crippen LogP contribution is 2.33. The molecule has 3 rings (SSSR count). The number of aryl methyl sites for hydroxylation is 1. The minimum absolute atomic E-state index is 1.17. The molecule has 0 aliphatic carbocycles. The molecule has 0 saturated heterocycles. The number of benzene rings is 3. The van der Waals surface area contributed by atoms with E-state index >= 15 is 0 Å². The first-order chi connectivity index (χ1) is 10.3. The topological polar surface area (TPSA) is 0 Å². The zero-order valence-electron chi connectivity index (χ0n) is 12.5. The van der Waals surface area contributed by atoms with Crippen LogP contribution in [-0.2, 0) is 6.42 Å². The van der Waals surface area contributed by atoms with Crippen LogP contribution in [-0.4, -0.2) is 0 Å². The monoisotopic (exact) mass is 340 g/mol. The lowest BCUT2D eigenvalue weighted by Gasteiger charge is -2.10. The van der Waals surface area contributed by atoms with E-state index in [9.17, 15) is 0 Å². The summed E-state index contributed by atoms with van der Waals surface area (Å²) in [5, 5.41) is 5.33. The summed E-state index contributed by atoms with van der Waals surface area (Å²) in [5.41, 5.74) is 1.44. The van der Waals surface area contributed by atoms with Gasteiger partial charge in [-0.15, -0.1) is 0 Å². The van der Waals surface area contributed by atoms with E-state index in [0.717, 1.165) is 0 Å². The number of hydrogen-bond donors (Lipinski definition) is 0. The minimum atomic E-state index is 1.17. The Hall–Kier alpha value is -1.34. The molecule has 0 aromatic heterocycles. The van der Waals surface area contributed by atoms with Crippen molar-refractivity contribution in [2.75, 3.05) is 0 Å². The zero-order valence-corrected chi connectivity index (χ0v) is 14.1. The summed E-state index contributed by atoms with van der Waals surface area (Å²) in [5.74, 6) is 0. The molecule has 0 saturated carbocycles. The van der Waals surface area contributed by atoms with Gasteiger partial charge in [-0.3, -0.25) is 0 Å². The molecule has 0 N–H and O–H groups in total. The zero-order chi connectivity index (χ0) is 14.7. The van der Waals surface area contributed by atoms with Crippen molar-refractivity contribution in [2.24, 2.45) is 0 Å². The van der Waals surface area contributed by atoms with Crippen LogP contribution in [0, 0.1) is 0 Å². The first-order valence-electron chi connectivity index (χ1n) is 7.90. The van der Waals surface area contributed by atoms with Gasteiger partial charge in [0.1, 0.15) is 0 Å². The summed E-state index contributed by atoms with van der Waals surface area (Å²) in [6.45, 7) is 2.26. The van der Waals surface area contributed by atoms with Crippen molar-refractivity contribution in [1.82, 2.24) is 0 Å². The largest absolute Gasteiger partial charge is 0.0654 e. The highest BCUT2D eigenvalue weighted by Gasteiger charge is 2.07. The van der Waals surface area contributed by atoms with Crippen molar-refractivity contribution in [3.8, 4) is 0 Å². The van der Waals surface area contributed by atoms with Crippen molar-refractivity contribution in [3.05, 3.63) is 58.6 Å². The molecule has 0 heterocycles. The molecule has 0 aliphatic rings. The Balaban J connectivity index is 1.99. The van der Waals surface area contributed by atoms with Gasteiger partial charge in [0.2, 0.25) is 0 Å². The molecule has 0 aliphatic heterocycles. The van der Waals surface area contributed by atoms with Gasteiger partial charge in [0.15, 0.2) is 0 Å². The van der Waals surface area contributed by atoms with Crippen LogP contribution in [0.1, 0.15) is 38.2 Å². The molecule has 0 fully saturated rings. The molecule has 3 aromatic carbocycles. The van der Waals surface area contributed by atoms with Crippen LogP contribution in [0.4, 0.5) is 0 Å². The maximum atomic E-state index is 3.84. The molecule has 0 spiro atoms. The Labute approximate surface area is 135 Å². The van der Waals surface area contributed by atoms with Crippen molar-refractivity contribution in [2.45, 2.75) is 39.0 Å². The number of halogens is 1. The Bertz CT molecular complexity index is 758. The summed E-state index contributed by atoms with van der Waals surface area (Å²) in [6, 6.07) is 17.7.